The van der Waals surface area contributed by atoms with Crippen LogP contribution in [0.15, 0.2) is 72.8 Å². The molecule has 0 heteroatoms. The van der Waals surface area contributed by atoms with E-state index in [0.717, 1.165) is 0 Å². The van der Waals surface area contributed by atoms with Crippen LogP contribution in [0.25, 0.3) is 33.4 Å². The summed E-state index contributed by atoms with van der Waals surface area (Å²) < 4.78 is 0. The van der Waals surface area contributed by atoms with Gasteiger partial charge in [0.25, 0.3) is 0 Å². The molecule has 3 aliphatic carbocycles. The Balaban J connectivity index is 1.73. The molecule has 0 aromatic heterocycles. The largest absolute Gasteiger partial charge is 0.0619 e. The van der Waals surface area contributed by atoms with Crippen LogP contribution in [0, 0.1) is 17.8 Å². The first-order valence-corrected chi connectivity index (χ1v) is 13.9. The SMILES string of the molecule is CC(C)[C@H]1c2ccccc2-c2c1c1c(c3c2[C@@H](C(C)C)c2ccccc2-3)[C@@H](C(C)C)c2ccccc2-1. The number of fused-ring (bicyclic) bond motifs is 12. The van der Waals surface area contributed by atoms with Crippen LogP contribution in [0.3, 0.4) is 0 Å². The predicted molar refractivity (Wildman–Crippen MR) is 153 cm³/mol. The van der Waals surface area contributed by atoms with Crippen LogP contribution in [0.5, 0.6) is 0 Å². The summed E-state index contributed by atoms with van der Waals surface area (Å²) in [4.78, 5) is 0. The normalized spacial score (nSPS) is 20.4. The van der Waals surface area contributed by atoms with Crippen LogP contribution >= 0.6 is 0 Å². The van der Waals surface area contributed by atoms with Crippen LogP contribution in [-0.2, 0) is 0 Å². The monoisotopic (exact) mass is 468 g/mol. The van der Waals surface area contributed by atoms with Gasteiger partial charge < -0.3 is 0 Å². The van der Waals surface area contributed by atoms with Crippen molar-refractivity contribution < 1.29 is 0 Å². The van der Waals surface area contributed by atoms with Crippen molar-refractivity contribution in [3.8, 4) is 33.4 Å². The molecule has 0 saturated carbocycles. The Kier molecular flexibility index (Phi) is 4.72. The van der Waals surface area contributed by atoms with Gasteiger partial charge in [0.05, 0.1) is 0 Å². The fraction of sp³-hybridized carbons (Fsp3) is 0.333. The quantitative estimate of drug-likeness (QED) is 0.280. The topological polar surface area (TPSA) is 0 Å². The van der Waals surface area contributed by atoms with Crippen molar-refractivity contribution in [1.82, 2.24) is 0 Å². The molecule has 0 N–H and O–H groups in total. The fourth-order valence-electron chi connectivity index (χ4n) is 8.15. The fourth-order valence-corrected chi connectivity index (χ4v) is 8.15. The average Bonchev–Trinajstić information content (AvgIpc) is 3.49. The Morgan fingerprint density at radius 1 is 0.389 bits per heavy atom. The van der Waals surface area contributed by atoms with E-state index in [1.165, 1.54) is 33.4 Å². The predicted octanol–water partition coefficient (Wildman–Crippen LogP) is 9.99. The summed E-state index contributed by atoms with van der Waals surface area (Å²) in [6.45, 7) is 14.5. The molecule has 4 aromatic carbocycles. The van der Waals surface area contributed by atoms with Gasteiger partial charge in [0.1, 0.15) is 0 Å². The molecule has 0 unspecified atom stereocenters. The van der Waals surface area contributed by atoms with Crippen molar-refractivity contribution in [3.05, 3.63) is 106 Å². The standard InChI is InChI=1S/C36H36/c1-19(2)28-22-13-7-10-16-25(22)31-34(28)32-26-17-11-8-14-23(26)29(20(3)4)36(32)33-27-18-12-9-15-24(27)30(21(5)6)35(31)33/h7-21,28-30H,1-6H3/t28-,29-,30-/m0/s1. The number of hydrogen-bond donors (Lipinski definition) is 0. The van der Waals surface area contributed by atoms with Gasteiger partial charge in [-0.15, -0.1) is 0 Å². The Bertz CT molecular complexity index is 1320. The summed E-state index contributed by atoms with van der Waals surface area (Å²) in [5.41, 5.74) is 18.6. The van der Waals surface area contributed by atoms with E-state index in [1.807, 2.05) is 0 Å². The van der Waals surface area contributed by atoms with Crippen molar-refractivity contribution in [3.63, 3.8) is 0 Å². The lowest BCUT2D eigenvalue weighted by Crippen LogP contribution is -2.12. The van der Waals surface area contributed by atoms with E-state index < -0.39 is 0 Å². The maximum Gasteiger partial charge on any atom is 0.0131 e. The third kappa shape index (κ3) is 2.66. The highest BCUT2D eigenvalue weighted by Crippen LogP contribution is 2.66. The van der Waals surface area contributed by atoms with Crippen molar-refractivity contribution in [2.75, 3.05) is 0 Å². The molecule has 0 bridgehead atoms. The minimum atomic E-state index is 0.436. The third-order valence-corrected chi connectivity index (χ3v) is 9.24. The van der Waals surface area contributed by atoms with Crippen molar-refractivity contribution in [1.29, 1.82) is 0 Å². The number of benzene rings is 4. The molecule has 7 rings (SSSR count). The molecule has 36 heavy (non-hydrogen) atoms. The third-order valence-electron chi connectivity index (χ3n) is 9.24. The first kappa shape index (κ1) is 22.1. The van der Waals surface area contributed by atoms with Gasteiger partial charge in [-0.3, -0.25) is 0 Å². The Morgan fingerprint density at radius 2 is 0.639 bits per heavy atom. The number of rotatable bonds is 3. The van der Waals surface area contributed by atoms with Crippen LogP contribution < -0.4 is 0 Å². The van der Waals surface area contributed by atoms with E-state index in [1.54, 1.807) is 33.4 Å². The summed E-state index contributed by atoms with van der Waals surface area (Å²) in [5, 5.41) is 0. The minimum Gasteiger partial charge on any atom is -0.0619 e. The van der Waals surface area contributed by atoms with Crippen molar-refractivity contribution in [2.24, 2.45) is 17.8 Å². The number of hydrogen-bond acceptors (Lipinski definition) is 0. The summed E-state index contributed by atoms with van der Waals surface area (Å²) in [7, 11) is 0. The van der Waals surface area contributed by atoms with Crippen LogP contribution in [0.4, 0.5) is 0 Å². The van der Waals surface area contributed by atoms with E-state index in [9.17, 15) is 0 Å². The average molecular weight is 469 g/mol. The highest BCUT2D eigenvalue weighted by Gasteiger charge is 2.47. The van der Waals surface area contributed by atoms with Gasteiger partial charge in [-0.05, 0) is 84.5 Å². The summed E-state index contributed by atoms with van der Waals surface area (Å²) >= 11 is 0. The zero-order chi connectivity index (χ0) is 24.9. The zero-order valence-corrected chi connectivity index (χ0v) is 22.4. The molecule has 3 atom stereocenters. The first-order valence-electron chi connectivity index (χ1n) is 13.9. The Labute approximate surface area is 216 Å². The smallest absolute Gasteiger partial charge is 0.0131 e. The zero-order valence-electron chi connectivity index (χ0n) is 22.4. The van der Waals surface area contributed by atoms with E-state index in [-0.39, 0.29) is 0 Å². The molecule has 180 valence electrons. The molecule has 3 aliphatic rings. The minimum absolute atomic E-state index is 0.436. The van der Waals surface area contributed by atoms with Crippen molar-refractivity contribution in [2.45, 2.75) is 59.3 Å². The van der Waals surface area contributed by atoms with E-state index in [2.05, 4.69) is 114 Å². The molecule has 0 nitrogen and oxygen atoms in total. The second kappa shape index (κ2) is 7.69. The van der Waals surface area contributed by atoms with Gasteiger partial charge in [-0.25, -0.2) is 0 Å². The lowest BCUT2D eigenvalue weighted by molar-refractivity contribution is 0.560. The molecule has 0 amide bonds. The summed E-state index contributed by atoms with van der Waals surface area (Å²) in [6.07, 6.45) is 0. The first-order chi connectivity index (χ1) is 17.4. The molecule has 0 spiro atoms. The maximum absolute atomic E-state index is 2.42. The summed E-state index contributed by atoms with van der Waals surface area (Å²) in [5.74, 6) is 2.94. The van der Waals surface area contributed by atoms with Gasteiger partial charge in [0.15, 0.2) is 0 Å². The Morgan fingerprint density at radius 3 is 0.889 bits per heavy atom. The molecule has 0 radical (unpaired) electrons. The van der Waals surface area contributed by atoms with Crippen molar-refractivity contribution >= 4 is 0 Å². The molecule has 0 saturated heterocycles. The Hall–Kier alpha value is -3.12. The van der Waals surface area contributed by atoms with Gasteiger partial charge in [0, 0.05) is 17.8 Å². The molecule has 0 fully saturated rings. The lowest BCUT2D eigenvalue weighted by atomic mass is 9.75. The lowest BCUT2D eigenvalue weighted by Gasteiger charge is -2.27. The van der Waals surface area contributed by atoms with Gasteiger partial charge >= 0.3 is 0 Å². The second-order valence-electron chi connectivity index (χ2n) is 12.3. The highest BCUT2D eigenvalue weighted by atomic mass is 14.5. The van der Waals surface area contributed by atoms with E-state index >= 15 is 0 Å². The van der Waals surface area contributed by atoms with Gasteiger partial charge in [-0.2, -0.15) is 0 Å². The van der Waals surface area contributed by atoms with Crippen LogP contribution in [0.1, 0.15) is 92.7 Å². The van der Waals surface area contributed by atoms with E-state index in [0.29, 0.717) is 35.5 Å². The van der Waals surface area contributed by atoms with Crippen LogP contribution in [0.2, 0.25) is 0 Å². The van der Waals surface area contributed by atoms with E-state index in [4.69, 9.17) is 0 Å². The maximum atomic E-state index is 2.42. The summed E-state index contributed by atoms with van der Waals surface area (Å²) in [6, 6.07) is 28.0. The molecule has 0 heterocycles. The molecule has 0 aliphatic heterocycles. The molecular weight excluding hydrogens is 432 g/mol. The molecular formula is C36H36. The van der Waals surface area contributed by atoms with Gasteiger partial charge in [0.2, 0.25) is 0 Å². The highest BCUT2D eigenvalue weighted by molar-refractivity contribution is 6.02. The second-order valence-corrected chi connectivity index (χ2v) is 12.3. The van der Waals surface area contributed by atoms with Crippen LogP contribution in [-0.4, -0.2) is 0 Å². The van der Waals surface area contributed by atoms with Gasteiger partial charge in [-0.1, -0.05) is 114 Å². The molecule has 4 aromatic rings.